The lowest BCUT2D eigenvalue weighted by atomic mass is 9.88. The van der Waals surface area contributed by atoms with E-state index < -0.39 is 12.1 Å². The summed E-state index contributed by atoms with van der Waals surface area (Å²) in [6.07, 6.45) is 2.70. The summed E-state index contributed by atoms with van der Waals surface area (Å²) in [5.41, 5.74) is 3.17. The van der Waals surface area contributed by atoms with Gasteiger partial charge < -0.3 is 24.8 Å². The Morgan fingerprint density at radius 3 is 2.91 bits per heavy atom. The number of carbonyl (C=O) groups excluding carboxylic acids is 2. The molecule has 2 atom stereocenters. The van der Waals surface area contributed by atoms with Crippen LogP contribution in [0, 0.1) is 5.92 Å². The highest BCUT2D eigenvalue weighted by molar-refractivity contribution is 7.16. The van der Waals surface area contributed by atoms with Crippen molar-refractivity contribution < 1.29 is 23.8 Å². The van der Waals surface area contributed by atoms with Crippen LogP contribution in [0.1, 0.15) is 56.2 Å². The van der Waals surface area contributed by atoms with Crippen molar-refractivity contribution in [2.75, 3.05) is 12.1 Å². The minimum absolute atomic E-state index is 0.0523. The Morgan fingerprint density at radius 2 is 2.00 bits per heavy atom. The van der Waals surface area contributed by atoms with Crippen molar-refractivity contribution in [2.45, 2.75) is 32.4 Å². The first-order valence-electron chi connectivity index (χ1n) is 11.0. The highest BCUT2D eigenvalue weighted by Gasteiger charge is 2.33. The molecule has 0 fully saturated rings. The quantitative estimate of drug-likeness (QED) is 0.434. The summed E-state index contributed by atoms with van der Waals surface area (Å²) in [6, 6.07) is 12.1. The van der Waals surface area contributed by atoms with E-state index in [2.05, 4.69) is 17.6 Å². The zero-order valence-electron chi connectivity index (χ0n) is 18.0. The van der Waals surface area contributed by atoms with E-state index >= 15 is 0 Å². The van der Waals surface area contributed by atoms with E-state index in [9.17, 15) is 9.59 Å². The Balaban J connectivity index is 1.22. The molecule has 8 heteroatoms. The molecule has 0 spiro atoms. The van der Waals surface area contributed by atoms with Crippen molar-refractivity contribution in [3.8, 4) is 17.2 Å². The number of hydrogen-bond acceptors (Lipinski definition) is 7. The van der Waals surface area contributed by atoms with Gasteiger partial charge in [-0.2, -0.15) is 0 Å². The summed E-state index contributed by atoms with van der Waals surface area (Å²) >= 11 is 1.69. The third-order valence-corrected chi connectivity index (χ3v) is 7.49. The number of fused-ring (bicyclic) bond motifs is 4. The number of rotatable bonds is 3. The van der Waals surface area contributed by atoms with Crippen LogP contribution in [0.25, 0.3) is 0 Å². The monoisotopic (exact) mass is 462 g/mol. The van der Waals surface area contributed by atoms with E-state index in [1.165, 1.54) is 10.4 Å². The fourth-order valence-electron chi connectivity index (χ4n) is 4.58. The Kier molecular flexibility index (Phi) is 4.76. The number of nitrogens with one attached hydrogen (secondary N) is 2. The molecule has 1 aliphatic carbocycles. The molecule has 0 radical (unpaired) electrons. The van der Waals surface area contributed by atoms with Gasteiger partial charge >= 0.3 is 5.97 Å². The number of benzene rings is 2. The number of amides is 1. The van der Waals surface area contributed by atoms with Crippen LogP contribution in [-0.4, -0.2) is 18.7 Å². The van der Waals surface area contributed by atoms with Crippen molar-refractivity contribution in [1.29, 1.82) is 0 Å². The smallest absolute Gasteiger partial charge is 0.343 e. The number of anilines is 1. The maximum atomic E-state index is 13.0. The molecule has 2 aromatic carbocycles. The maximum absolute atomic E-state index is 13.0. The first-order valence-corrected chi connectivity index (χ1v) is 11.8. The van der Waals surface area contributed by atoms with Gasteiger partial charge in [-0.3, -0.25) is 4.79 Å². The molecule has 3 aromatic rings. The largest absolute Gasteiger partial charge is 0.454 e. The summed E-state index contributed by atoms with van der Waals surface area (Å²) in [7, 11) is 0. The van der Waals surface area contributed by atoms with Gasteiger partial charge in [-0.25, -0.2) is 4.79 Å². The van der Waals surface area contributed by atoms with Crippen LogP contribution >= 0.6 is 11.3 Å². The molecular weight excluding hydrogens is 440 g/mol. The SMILES string of the molecule is C[C@H]1CCc2c(sc3c2C(=O)N[C@H](c2cccc(OC(=O)c4ccc5c(c4)OCO5)c2)N3)C1. The van der Waals surface area contributed by atoms with Gasteiger partial charge in [-0.15, -0.1) is 11.3 Å². The molecule has 0 saturated heterocycles. The molecule has 0 saturated carbocycles. The van der Waals surface area contributed by atoms with Gasteiger partial charge in [-0.1, -0.05) is 19.1 Å². The van der Waals surface area contributed by atoms with Gasteiger partial charge in [0.05, 0.1) is 11.1 Å². The minimum Gasteiger partial charge on any atom is -0.454 e. The van der Waals surface area contributed by atoms with Crippen molar-refractivity contribution in [3.05, 3.63) is 69.6 Å². The topological polar surface area (TPSA) is 85.9 Å². The molecule has 0 bridgehead atoms. The standard InChI is InChI=1S/C25H22N2O5S/c1-13-5-7-17-20(9-13)33-24-21(17)23(28)26-22(27-24)14-3-2-4-16(10-14)32-25(29)15-6-8-18-19(11-15)31-12-30-18/h2-4,6,8,10-11,13,22,27H,5,7,9,12H2,1H3,(H,26,28)/t13-,22-/m0/s1. The summed E-state index contributed by atoms with van der Waals surface area (Å²) in [5, 5.41) is 7.46. The number of carbonyl (C=O) groups is 2. The van der Waals surface area contributed by atoms with Gasteiger partial charge in [0.1, 0.15) is 16.9 Å². The van der Waals surface area contributed by atoms with Gasteiger partial charge in [0.2, 0.25) is 6.79 Å². The van der Waals surface area contributed by atoms with Crippen molar-refractivity contribution in [1.82, 2.24) is 5.32 Å². The summed E-state index contributed by atoms with van der Waals surface area (Å²) in [4.78, 5) is 26.9. The second-order valence-corrected chi connectivity index (χ2v) is 9.74. The van der Waals surface area contributed by atoms with Crippen LogP contribution in [-0.2, 0) is 12.8 Å². The van der Waals surface area contributed by atoms with Crippen LogP contribution in [0.2, 0.25) is 0 Å². The predicted molar refractivity (Wildman–Crippen MR) is 123 cm³/mol. The van der Waals surface area contributed by atoms with Crippen LogP contribution in [0.3, 0.4) is 0 Å². The van der Waals surface area contributed by atoms with E-state index in [0.29, 0.717) is 28.7 Å². The molecule has 6 rings (SSSR count). The first kappa shape index (κ1) is 20.1. The molecule has 33 heavy (non-hydrogen) atoms. The van der Waals surface area contributed by atoms with Crippen molar-refractivity contribution in [2.24, 2.45) is 5.92 Å². The van der Waals surface area contributed by atoms with E-state index in [1.807, 2.05) is 12.1 Å². The molecule has 7 nitrogen and oxygen atoms in total. The zero-order valence-corrected chi connectivity index (χ0v) is 18.8. The summed E-state index contributed by atoms with van der Waals surface area (Å²) in [6.45, 7) is 2.40. The fraction of sp³-hybridized carbons (Fsp3) is 0.280. The van der Waals surface area contributed by atoms with Gasteiger partial charge in [0.15, 0.2) is 11.5 Å². The molecule has 1 aromatic heterocycles. The normalized spacial score (nSPS) is 20.3. The van der Waals surface area contributed by atoms with Gasteiger partial charge in [0, 0.05) is 4.88 Å². The average molecular weight is 463 g/mol. The summed E-state index contributed by atoms with van der Waals surface area (Å²) < 4.78 is 16.2. The highest BCUT2D eigenvalue weighted by Crippen LogP contribution is 2.42. The fourth-order valence-corrected chi connectivity index (χ4v) is 6.01. The molecular formula is C25H22N2O5S. The molecule has 168 valence electrons. The van der Waals surface area contributed by atoms with E-state index in [1.54, 1.807) is 41.7 Å². The Bertz CT molecular complexity index is 1280. The average Bonchev–Trinajstić information content (AvgIpc) is 3.42. The highest BCUT2D eigenvalue weighted by atomic mass is 32.1. The molecule has 3 aliphatic rings. The molecule has 3 heterocycles. The van der Waals surface area contributed by atoms with Crippen LogP contribution in [0.15, 0.2) is 42.5 Å². The molecule has 2 aliphatic heterocycles. The van der Waals surface area contributed by atoms with Crippen molar-refractivity contribution >= 4 is 28.2 Å². The third-order valence-electron chi connectivity index (χ3n) is 6.30. The third kappa shape index (κ3) is 3.60. The zero-order chi connectivity index (χ0) is 22.5. The number of hydrogen-bond donors (Lipinski definition) is 2. The molecule has 1 amide bonds. The lowest BCUT2D eigenvalue weighted by molar-refractivity contribution is 0.0733. The second kappa shape index (κ2) is 7.81. The second-order valence-electron chi connectivity index (χ2n) is 8.64. The van der Waals surface area contributed by atoms with Crippen LogP contribution in [0.4, 0.5) is 5.00 Å². The number of esters is 1. The van der Waals surface area contributed by atoms with Gasteiger partial charge in [0.25, 0.3) is 5.91 Å². The van der Waals surface area contributed by atoms with E-state index in [4.69, 9.17) is 14.2 Å². The Labute approximate surface area is 194 Å². The lowest BCUT2D eigenvalue weighted by Gasteiger charge is -2.27. The molecule has 0 unspecified atom stereocenters. The minimum atomic E-state index is -0.492. The van der Waals surface area contributed by atoms with Gasteiger partial charge in [-0.05, 0) is 66.6 Å². The Morgan fingerprint density at radius 1 is 1.12 bits per heavy atom. The van der Waals surface area contributed by atoms with E-state index in [-0.39, 0.29) is 12.7 Å². The predicted octanol–water partition coefficient (Wildman–Crippen LogP) is 4.67. The Hall–Kier alpha value is -3.52. The lowest BCUT2D eigenvalue weighted by Crippen LogP contribution is -2.38. The van der Waals surface area contributed by atoms with Crippen LogP contribution in [0.5, 0.6) is 17.2 Å². The van der Waals surface area contributed by atoms with Crippen molar-refractivity contribution in [3.63, 3.8) is 0 Å². The van der Waals surface area contributed by atoms with E-state index in [0.717, 1.165) is 35.4 Å². The number of thiophene rings is 1. The first-order chi connectivity index (χ1) is 16.0. The summed E-state index contributed by atoms with van der Waals surface area (Å²) in [5.74, 6) is 1.63. The number of ether oxygens (including phenoxy) is 3. The maximum Gasteiger partial charge on any atom is 0.343 e. The van der Waals surface area contributed by atoms with Crippen LogP contribution < -0.4 is 24.8 Å². The molecule has 2 N–H and O–H groups in total.